The van der Waals surface area contributed by atoms with Gasteiger partial charge in [0.25, 0.3) is 0 Å². The Bertz CT molecular complexity index is 237. The molecule has 0 aromatic heterocycles. The van der Waals surface area contributed by atoms with Crippen molar-refractivity contribution in [2.24, 2.45) is 5.92 Å². The van der Waals surface area contributed by atoms with Crippen LogP contribution in [0.5, 0.6) is 0 Å². The first kappa shape index (κ1) is 9.94. The predicted molar refractivity (Wildman–Crippen MR) is 55.9 cm³/mol. The fourth-order valence-corrected chi connectivity index (χ4v) is 2.16. The van der Waals surface area contributed by atoms with Crippen LogP contribution < -0.4 is 0 Å². The zero-order valence-corrected chi connectivity index (χ0v) is 8.74. The van der Waals surface area contributed by atoms with Crippen molar-refractivity contribution in [1.82, 2.24) is 0 Å². The average molecular weight is 194 g/mol. The standard InChI is InChI=1S/C12H18O2/c1-2-3-4-6-11-7-5-8-12(11)13-9-10-14-12/h3-5,7,11H,2,6,8-10H2,1H3. The molecule has 2 nitrogen and oxygen atoms in total. The van der Waals surface area contributed by atoms with Crippen LogP contribution in [0.1, 0.15) is 26.2 Å². The van der Waals surface area contributed by atoms with Crippen LogP contribution in [0.2, 0.25) is 0 Å². The number of ether oxygens (including phenoxy) is 2. The molecular formula is C12H18O2. The van der Waals surface area contributed by atoms with Gasteiger partial charge in [-0.25, -0.2) is 0 Å². The van der Waals surface area contributed by atoms with Crippen LogP contribution in [0.15, 0.2) is 24.3 Å². The molecule has 1 unspecified atom stereocenters. The zero-order valence-electron chi connectivity index (χ0n) is 8.74. The van der Waals surface area contributed by atoms with E-state index in [2.05, 4.69) is 31.2 Å². The molecule has 0 aromatic rings. The van der Waals surface area contributed by atoms with Gasteiger partial charge in [-0.15, -0.1) is 0 Å². The maximum Gasteiger partial charge on any atom is 0.178 e. The van der Waals surface area contributed by atoms with E-state index in [0.717, 1.165) is 32.5 Å². The van der Waals surface area contributed by atoms with Crippen molar-refractivity contribution in [1.29, 1.82) is 0 Å². The lowest BCUT2D eigenvalue weighted by atomic mass is 9.98. The summed E-state index contributed by atoms with van der Waals surface area (Å²) in [6, 6.07) is 0. The topological polar surface area (TPSA) is 18.5 Å². The van der Waals surface area contributed by atoms with Crippen LogP contribution in [-0.4, -0.2) is 19.0 Å². The quantitative estimate of drug-likeness (QED) is 0.643. The van der Waals surface area contributed by atoms with E-state index in [1.54, 1.807) is 0 Å². The first-order chi connectivity index (χ1) is 6.87. The Morgan fingerprint density at radius 3 is 2.86 bits per heavy atom. The summed E-state index contributed by atoms with van der Waals surface area (Å²) in [5, 5.41) is 0. The maximum atomic E-state index is 5.73. The number of hydrogen-bond donors (Lipinski definition) is 0. The Morgan fingerprint density at radius 2 is 2.14 bits per heavy atom. The fraction of sp³-hybridized carbons (Fsp3) is 0.667. The first-order valence-electron chi connectivity index (χ1n) is 5.47. The van der Waals surface area contributed by atoms with Gasteiger partial charge >= 0.3 is 0 Å². The van der Waals surface area contributed by atoms with E-state index < -0.39 is 0 Å². The van der Waals surface area contributed by atoms with Gasteiger partial charge in [-0.05, 0) is 12.8 Å². The second kappa shape index (κ2) is 4.28. The van der Waals surface area contributed by atoms with Crippen LogP contribution in [0, 0.1) is 5.92 Å². The maximum absolute atomic E-state index is 5.73. The van der Waals surface area contributed by atoms with Crippen LogP contribution in [0.4, 0.5) is 0 Å². The molecule has 2 heteroatoms. The summed E-state index contributed by atoms with van der Waals surface area (Å²) < 4.78 is 11.5. The third kappa shape index (κ3) is 1.77. The zero-order chi connectivity index (χ0) is 9.86. The molecule has 2 rings (SSSR count). The number of allylic oxidation sites excluding steroid dienone is 2. The van der Waals surface area contributed by atoms with Crippen molar-refractivity contribution in [2.75, 3.05) is 13.2 Å². The fourth-order valence-electron chi connectivity index (χ4n) is 2.16. The minimum absolute atomic E-state index is 0.307. The predicted octanol–water partition coefficient (Wildman–Crippen LogP) is 2.66. The Morgan fingerprint density at radius 1 is 1.36 bits per heavy atom. The van der Waals surface area contributed by atoms with Gasteiger partial charge in [0.15, 0.2) is 5.79 Å². The van der Waals surface area contributed by atoms with Crippen LogP contribution in [-0.2, 0) is 9.47 Å². The lowest BCUT2D eigenvalue weighted by Gasteiger charge is -2.28. The van der Waals surface area contributed by atoms with Gasteiger partial charge in [-0.3, -0.25) is 0 Å². The lowest BCUT2D eigenvalue weighted by molar-refractivity contribution is -0.174. The molecule has 78 valence electrons. The summed E-state index contributed by atoms with van der Waals surface area (Å²) in [4.78, 5) is 0. The molecule has 0 N–H and O–H groups in total. The monoisotopic (exact) mass is 194 g/mol. The first-order valence-corrected chi connectivity index (χ1v) is 5.47. The summed E-state index contributed by atoms with van der Waals surface area (Å²) in [7, 11) is 0. The highest BCUT2D eigenvalue weighted by atomic mass is 16.7. The molecule has 0 aromatic carbocycles. The SMILES string of the molecule is CCC=CCC1C=CCC12OCCO2. The van der Waals surface area contributed by atoms with Gasteiger partial charge < -0.3 is 9.47 Å². The summed E-state index contributed by atoms with van der Waals surface area (Å²) in [5.41, 5.74) is 0. The highest BCUT2D eigenvalue weighted by Gasteiger charge is 2.44. The molecule has 1 fully saturated rings. The van der Waals surface area contributed by atoms with Gasteiger partial charge in [0.1, 0.15) is 0 Å². The van der Waals surface area contributed by atoms with Crippen molar-refractivity contribution < 1.29 is 9.47 Å². The molecule has 1 atom stereocenters. The van der Waals surface area contributed by atoms with E-state index in [9.17, 15) is 0 Å². The number of rotatable bonds is 3. The highest BCUT2D eigenvalue weighted by Crippen LogP contribution is 2.39. The van der Waals surface area contributed by atoms with E-state index >= 15 is 0 Å². The lowest BCUT2D eigenvalue weighted by Crippen LogP contribution is -2.34. The summed E-state index contributed by atoms with van der Waals surface area (Å²) >= 11 is 0. The van der Waals surface area contributed by atoms with Crippen molar-refractivity contribution >= 4 is 0 Å². The Balaban J connectivity index is 1.95. The smallest absolute Gasteiger partial charge is 0.178 e. The van der Waals surface area contributed by atoms with Crippen LogP contribution in [0.25, 0.3) is 0 Å². The molecule has 14 heavy (non-hydrogen) atoms. The minimum Gasteiger partial charge on any atom is -0.347 e. The third-order valence-electron chi connectivity index (χ3n) is 2.90. The molecule has 0 saturated carbocycles. The Kier molecular flexibility index (Phi) is 3.04. The van der Waals surface area contributed by atoms with E-state index in [1.807, 2.05) is 0 Å². The molecule has 1 aliphatic carbocycles. The van der Waals surface area contributed by atoms with Crippen molar-refractivity contribution in [2.45, 2.75) is 32.0 Å². The van der Waals surface area contributed by atoms with Crippen LogP contribution >= 0.6 is 0 Å². The normalized spacial score (nSPS) is 29.6. The summed E-state index contributed by atoms with van der Waals surface area (Å²) in [5.74, 6) is 0.103. The molecule has 0 bridgehead atoms. The van der Waals surface area contributed by atoms with Crippen molar-refractivity contribution in [3.63, 3.8) is 0 Å². The summed E-state index contributed by atoms with van der Waals surface area (Å²) in [6.07, 6.45) is 11.9. The Labute approximate surface area is 85.6 Å². The third-order valence-corrected chi connectivity index (χ3v) is 2.90. The molecule has 1 aliphatic heterocycles. The van der Waals surface area contributed by atoms with E-state index in [0.29, 0.717) is 5.92 Å². The highest BCUT2D eigenvalue weighted by molar-refractivity contribution is 5.10. The van der Waals surface area contributed by atoms with E-state index in [-0.39, 0.29) is 5.79 Å². The van der Waals surface area contributed by atoms with Gasteiger partial charge in [-0.1, -0.05) is 31.2 Å². The molecule has 2 aliphatic rings. The van der Waals surface area contributed by atoms with Crippen LogP contribution in [0.3, 0.4) is 0 Å². The largest absolute Gasteiger partial charge is 0.347 e. The van der Waals surface area contributed by atoms with E-state index in [1.165, 1.54) is 0 Å². The minimum atomic E-state index is -0.307. The molecule has 1 saturated heterocycles. The van der Waals surface area contributed by atoms with Crippen molar-refractivity contribution in [3.8, 4) is 0 Å². The van der Waals surface area contributed by atoms with Crippen molar-refractivity contribution in [3.05, 3.63) is 24.3 Å². The molecule has 1 spiro atoms. The molecular weight excluding hydrogens is 176 g/mol. The summed E-state index contributed by atoms with van der Waals surface area (Å²) in [6.45, 7) is 3.64. The number of hydrogen-bond acceptors (Lipinski definition) is 2. The van der Waals surface area contributed by atoms with E-state index in [4.69, 9.17) is 9.47 Å². The van der Waals surface area contributed by atoms with Gasteiger partial charge in [0, 0.05) is 12.3 Å². The van der Waals surface area contributed by atoms with Gasteiger partial charge in [0.2, 0.25) is 0 Å². The Hall–Kier alpha value is -0.600. The molecule has 0 radical (unpaired) electrons. The second-order valence-corrected chi connectivity index (χ2v) is 3.86. The van der Waals surface area contributed by atoms with Gasteiger partial charge in [0.05, 0.1) is 13.2 Å². The average Bonchev–Trinajstić information content (AvgIpc) is 2.80. The molecule has 1 heterocycles. The second-order valence-electron chi connectivity index (χ2n) is 3.86. The molecule has 0 amide bonds. The van der Waals surface area contributed by atoms with Gasteiger partial charge in [-0.2, -0.15) is 0 Å².